The number of para-hydroxylation sites is 1. The van der Waals surface area contributed by atoms with E-state index in [1.54, 1.807) is 61.2 Å². The molecule has 0 radical (unpaired) electrons. The second-order valence-electron chi connectivity index (χ2n) is 31.5. The average Bonchev–Trinajstić information content (AvgIpc) is 1.70. The molecule has 13 heterocycles. The van der Waals surface area contributed by atoms with E-state index in [4.69, 9.17) is 21.5 Å². The van der Waals surface area contributed by atoms with Gasteiger partial charge in [0, 0.05) is 192 Å². The minimum absolute atomic E-state index is 0.264. The molecule has 13 aromatic heterocycles. The number of aromatic nitrogens is 13. The van der Waals surface area contributed by atoms with Crippen molar-refractivity contribution in [3.63, 3.8) is 0 Å². The molecule has 0 fully saturated rings. The number of pyridine rings is 8. The summed E-state index contributed by atoms with van der Waals surface area (Å²) >= 11 is 0. The first-order valence-electron chi connectivity index (χ1n) is 42.2. The molecule has 626 valence electrons. The number of hydrogen-bond donors (Lipinski definition) is 8. The first kappa shape index (κ1) is 85.2. The van der Waals surface area contributed by atoms with Crippen molar-refractivity contribution >= 4 is 61.9 Å². The number of anilines is 4. The Bertz CT molecular complexity index is 6300. The maximum atomic E-state index is 13.9. The summed E-state index contributed by atoms with van der Waals surface area (Å²) in [5.41, 5.74) is 26.9. The molecule has 0 aliphatic rings. The molecule has 0 saturated carbocycles. The lowest BCUT2D eigenvalue weighted by Gasteiger charge is -2.14. The highest BCUT2D eigenvalue weighted by atomic mass is 19.1. The van der Waals surface area contributed by atoms with Crippen molar-refractivity contribution in [2.24, 2.45) is 0 Å². The maximum absolute atomic E-state index is 13.9. The Kier molecular flexibility index (Phi) is 27.5. The van der Waals surface area contributed by atoms with Gasteiger partial charge < -0.3 is 59.2 Å². The second-order valence-corrected chi connectivity index (χ2v) is 31.5. The molecule has 17 aromatic rings. The average molecular weight is 1640 g/mol. The minimum Gasteiger partial charge on any atom is -0.508 e. The number of phenols is 3. The number of nitrogens with zero attached hydrogens (tertiary/aromatic N) is 13. The zero-order chi connectivity index (χ0) is 86.0. The first-order chi connectivity index (χ1) is 59.8. The summed E-state index contributed by atoms with van der Waals surface area (Å²) in [6, 6.07) is 45.5. The molecule has 0 amide bonds. The van der Waals surface area contributed by atoms with Crippen molar-refractivity contribution in [1.29, 1.82) is 0 Å². The molecular formula is C100H104F2N18O3. The van der Waals surface area contributed by atoms with Gasteiger partial charge in [-0.25, -0.2) is 33.6 Å². The molecule has 0 spiro atoms. The third kappa shape index (κ3) is 20.6. The van der Waals surface area contributed by atoms with Gasteiger partial charge in [0.1, 0.15) is 28.9 Å². The first-order valence-corrected chi connectivity index (χ1v) is 42.2. The highest BCUT2D eigenvalue weighted by Gasteiger charge is 2.21. The lowest BCUT2D eigenvalue weighted by Crippen LogP contribution is -2.07. The zero-order valence-corrected chi connectivity index (χ0v) is 70.9. The van der Waals surface area contributed by atoms with Crippen LogP contribution in [0.4, 0.5) is 37.2 Å². The molecular weight excluding hydrogens is 1540 g/mol. The minimum atomic E-state index is -0.359. The van der Waals surface area contributed by atoms with Gasteiger partial charge in [-0.15, -0.1) is 0 Å². The lowest BCUT2D eigenvalue weighted by molar-refractivity contribution is 0.474. The summed E-state index contributed by atoms with van der Waals surface area (Å²) < 4.78 is 36.2. The zero-order valence-electron chi connectivity index (χ0n) is 70.9. The Labute approximate surface area is 715 Å². The fourth-order valence-electron chi connectivity index (χ4n) is 15.1. The van der Waals surface area contributed by atoms with E-state index < -0.39 is 0 Å². The fraction of sp³-hybridized carbons (Fsp3) is 0.250. The van der Waals surface area contributed by atoms with Crippen LogP contribution in [0.3, 0.4) is 0 Å². The number of H-pyrrole nitrogens is 1. The maximum Gasteiger partial charge on any atom is 0.205 e. The second kappa shape index (κ2) is 39.7. The smallest absolute Gasteiger partial charge is 0.205 e. The van der Waals surface area contributed by atoms with Crippen molar-refractivity contribution in [2.45, 2.75) is 137 Å². The molecule has 0 aliphatic carbocycles. The Balaban J connectivity index is 0.000000134. The number of halogens is 2. The van der Waals surface area contributed by atoms with Crippen LogP contribution in [0, 0.1) is 25.1 Å². The molecule has 21 nitrogen and oxygen atoms in total. The van der Waals surface area contributed by atoms with Gasteiger partial charge in [-0.3, -0.25) is 19.9 Å². The van der Waals surface area contributed by atoms with Crippen LogP contribution in [0.1, 0.15) is 155 Å². The van der Waals surface area contributed by atoms with Crippen LogP contribution in [0.5, 0.6) is 17.2 Å². The number of aromatic amines is 1. The van der Waals surface area contributed by atoms with Gasteiger partial charge in [-0.2, -0.15) is 0 Å². The van der Waals surface area contributed by atoms with E-state index in [0.717, 1.165) is 200 Å². The molecule has 23 heteroatoms. The quantitative estimate of drug-likeness (QED) is 0.0212. The summed E-state index contributed by atoms with van der Waals surface area (Å²) in [7, 11) is 0. The van der Waals surface area contributed by atoms with Crippen molar-refractivity contribution in [3.8, 4) is 61.8 Å². The van der Waals surface area contributed by atoms with E-state index in [2.05, 4.69) is 191 Å². The Morgan fingerprint density at radius 1 is 0.382 bits per heavy atom. The number of aryl methyl sites for hydroxylation is 1. The largest absolute Gasteiger partial charge is 0.508 e. The summed E-state index contributed by atoms with van der Waals surface area (Å²) in [5, 5.41) is 43.8. The van der Waals surface area contributed by atoms with Crippen LogP contribution >= 0.6 is 0 Å². The van der Waals surface area contributed by atoms with E-state index in [1.807, 2.05) is 110 Å². The molecule has 123 heavy (non-hydrogen) atoms. The van der Waals surface area contributed by atoms with E-state index >= 15 is 0 Å². The van der Waals surface area contributed by atoms with Gasteiger partial charge in [0.25, 0.3) is 0 Å². The number of aromatic hydroxyl groups is 3. The van der Waals surface area contributed by atoms with E-state index in [1.165, 1.54) is 46.7 Å². The normalized spacial score (nSPS) is 12.2. The SMILES string of the molecule is CCC(C)c1cnc2c(NCCc3c[nH]c4ccccc34)cc(-c3cncc(F)c3)cn12.CCC(C)c1cnc2c(NCCc3ccc(O)cc3)cc(-c3cncc(C)c3)cn12.CCC(C)c1cnc2c(NCCc3ccc(O)cc3)cc(-c3cncc(F)c3)cn12.[C-]#[N+]c1cncc(-c2cc(NCCc3ccc(O)cc3)c3ncc(C(C)CC)n3c2)c1. The van der Waals surface area contributed by atoms with Crippen LogP contribution in [-0.4, -0.2) is 104 Å². The monoisotopic (exact) mass is 1640 g/mol. The van der Waals surface area contributed by atoms with Gasteiger partial charge >= 0.3 is 0 Å². The predicted molar refractivity (Wildman–Crippen MR) is 491 cm³/mol. The van der Waals surface area contributed by atoms with Crippen molar-refractivity contribution < 1.29 is 24.1 Å². The molecule has 17 rings (SSSR count). The number of hydrogen-bond acceptors (Lipinski definition) is 15. The highest BCUT2D eigenvalue weighted by Crippen LogP contribution is 2.37. The number of benzene rings is 4. The van der Waals surface area contributed by atoms with Crippen molar-refractivity contribution in [2.75, 3.05) is 47.4 Å². The van der Waals surface area contributed by atoms with Gasteiger partial charge in [0.2, 0.25) is 5.69 Å². The van der Waals surface area contributed by atoms with Crippen LogP contribution < -0.4 is 21.3 Å². The fourth-order valence-corrected chi connectivity index (χ4v) is 15.1. The Hall–Kier alpha value is -14.3. The van der Waals surface area contributed by atoms with Crippen molar-refractivity contribution in [1.82, 2.24) is 62.5 Å². The van der Waals surface area contributed by atoms with Gasteiger partial charge in [0.05, 0.1) is 41.7 Å². The van der Waals surface area contributed by atoms with Crippen LogP contribution in [0.2, 0.25) is 0 Å². The third-order valence-electron chi connectivity index (χ3n) is 22.9. The van der Waals surface area contributed by atoms with Crippen LogP contribution in [0.15, 0.2) is 251 Å². The third-order valence-corrected chi connectivity index (χ3v) is 22.9. The lowest BCUT2D eigenvalue weighted by atomic mass is 10.1. The predicted octanol–water partition coefficient (Wildman–Crippen LogP) is 23.0. The Morgan fingerprint density at radius 3 is 1.05 bits per heavy atom. The molecule has 4 aromatic carbocycles. The van der Waals surface area contributed by atoms with E-state index in [9.17, 15) is 24.1 Å². The molecule has 4 atom stereocenters. The summed E-state index contributed by atoms with van der Waals surface area (Å²) in [6.45, 7) is 29.9. The number of nitrogens with one attached hydrogen (secondary N) is 5. The highest BCUT2D eigenvalue weighted by molar-refractivity contribution is 5.84. The molecule has 0 bridgehead atoms. The van der Waals surface area contributed by atoms with E-state index in [-0.39, 0.29) is 23.1 Å². The van der Waals surface area contributed by atoms with Gasteiger partial charge in [-0.1, -0.05) is 110 Å². The standard InChI is InChI=1S/C26H26FN5.C25H25N5O.C25H28N4O.C24H25FN4O/c1-3-17(2)25-15-31-26-24(11-20(16-32(25)26)19-10-21(27)14-28-12-19)29-9-8-18-13-30-23-7-5-4-6-22(18)23;1-4-17(2)24-15-29-25-23(28-10-9-18-5-7-22(31)8-6-18)12-20(16-30(24)25)19-11-21(26-3)14-27-13-19;1-4-18(3)24-15-28-25-23(27-10-9-19-5-7-22(30)8-6-19)12-21(16-29(24)25)20-11-17(2)13-26-14-20;1-3-16(2)23-14-28-24-22(27-9-8-17-4-6-21(30)7-5-17)11-19(15-29(23)24)18-10-20(25)13-26-12-18/h4-7,10-17,29-30H,3,8-9H2,1-2H3;5-8,11-17,28,31H,4,9-10H2,1-2H3;5-8,11-16,18,27,30H,4,9-10H2,1-3H3;4-7,10-16,27,30H,3,8-9H2,1-2H3. The number of rotatable bonds is 28. The number of fused-ring (bicyclic) bond motifs is 5. The molecule has 8 N–H and O–H groups in total. The van der Waals surface area contributed by atoms with Crippen LogP contribution in [0.25, 0.3) is 82.8 Å². The van der Waals surface area contributed by atoms with E-state index in [0.29, 0.717) is 41.7 Å². The molecule has 0 saturated heterocycles. The number of imidazole rings is 4. The van der Waals surface area contributed by atoms with Crippen molar-refractivity contribution in [3.05, 3.63) is 325 Å². The summed E-state index contributed by atoms with van der Waals surface area (Å²) in [6.07, 6.45) is 38.6. The molecule has 4 unspecified atom stereocenters. The van der Waals surface area contributed by atoms with Gasteiger partial charge in [0.15, 0.2) is 22.6 Å². The summed E-state index contributed by atoms with van der Waals surface area (Å²) in [5.74, 6) is 1.65. The Morgan fingerprint density at radius 2 is 0.707 bits per heavy atom. The van der Waals surface area contributed by atoms with Gasteiger partial charge in [-0.05, 0) is 206 Å². The molecule has 0 aliphatic heterocycles. The summed E-state index contributed by atoms with van der Waals surface area (Å²) in [4.78, 5) is 42.3. The van der Waals surface area contributed by atoms with Crippen LogP contribution in [-0.2, 0) is 25.7 Å². The number of phenolic OH excluding ortho intramolecular Hbond substituents is 3. The topological polar surface area (TPSA) is 250 Å².